The molecule has 1 aromatic rings. The van der Waals surface area contributed by atoms with Crippen molar-refractivity contribution in [3.8, 4) is 0 Å². The standard InChI is InChI=1S/C8H4BrClF2O4S/c1-16-8(13)5-4(11)2-3(9)7(6(5)12)17(10,14)15/h2H,1H3. The molecule has 0 saturated heterocycles. The fourth-order valence-electron chi connectivity index (χ4n) is 1.08. The van der Waals surface area contributed by atoms with E-state index in [2.05, 4.69) is 20.7 Å². The van der Waals surface area contributed by atoms with E-state index in [4.69, 9.17) is 10.7 Å². The van der Waals surface area contributed by atoms with E-state index in [0.29, 0.717) is 6.07 Å². The van der Waals surface area contributed by atoms with Crippen LogP contribution in [0.15, 0.2) is 15.4 Å². The SMILES string of the molecule is COC(=O)c1c(F)cc(Br)c(S(=O)(=O)Cl)c1F. The molecule has 0 unspecified atom stereocenters. The van der Waals surface area contributed by atoms with Gasteiger partial charge in [-0.05, 0) is 22.0 Å². The Bertz CT molecular complexity index is 588. The Morgan fingerprint density at radius 1 is 1.47 bits per heavy atom. The summed E-state index contributed by atoms with van der Waals surface area (Å²) in [6, 6.07) is 0.616. The van der Waals surface area contributed by atoms with E-state index in [1.165, 1.54) is 0 Å². The molecule has 94 valence electrons. The third kappa shape index (κ3) is 2.75. The largest absolute Gasteiger partial charge is 0.465 e. The van der Waals surface area contributed by atoms with Crippen LogP contribution >= 0.6 is 26.6 Å². The predicted molar refractivity (Wildman–Crippen MR) is 58.4 cm³/mol. The van der Waals surface area contributed by atoms with Gasteiger partial charge in [-0.15, -0.1) is 0 Å². The van der Waals surface area contributed by atoms with Crippen molar-refractivity contribution in [1.82, 2.24) is 0 Å². The van der Waals surface area contributed by atoms with Gasteiger partial charge in [0.15, 0.2) is 5.82 Å². The second kappa shape index (κ2) is 4.87. The Morgan fingerprint density at radius 2 is 2.00 bits per heavy atom. The molecule has 0 spiro atoms. The first kappa shape index (κ1) is 14.3. The van der Waals surface area contributed by atoms with Crippen molar-refractivity contribution in [3.05, 3.63) is 27.7 Å². The van der Waals surface area contributed by atoms with Crippen molar-refractivity contribution >= 4 is 41.6 Å². The number of halogens is 4. The zero-order valence-corrected chi connectivity index (χ0v) is 11.3. The van der Waals surface area contributed by atoms with Crippen LogP contribution in [0.3, 0.4) is 0 Å². The first-order valence-corrected chi connectivity index (χ1v) is 7.00. The molecule has 0 aliphatic carbocycles. The number of methoxy groups -OCH3 is 1. The monoisotopic (exact) mass is 348 g/mol. The van der Waals surface area contributed by atoms with E-state index in [1.807, 2.05) is 0 Å². The molecule has 0 N–H and O–H groups in total. The highest BCUT2D eigenvalue weighted by Gasteiger charge is 2.29. The first-order chi connectivity index (χ1) is 7.70. The molecular weight excluding hydrogens is 346 g/mol. The summed E-state index contributed by atoms with van der Waals surface area (Å²) in [7, 11) is 1.40. The first-order valence-electron chi connectivity index (χ1n) is 3.90. The number of esters is 1. The maximum atomic E-state index is 13.7. The second-order valence-corrected chi connectivity index (χ2v) is 6.14. The van der Waals surface area contributed by atoms with Gasteiger partial charge in [0.25, 0.3) is 9.05 Å². The van der Waals surface area contributed by atoms with Crippen molar-refractivity contribution in [1.29, 1.82) is 0 Å². The van der Waals surface area contributed by atoms with Crippen LogP contribution in [0.2, 0.25) is 0 Å². The fraction of sp³-hybridized carbons (Fsp3) is 0.125. The molecule has 0 aliphatic heterocycles. The Morgan fingerprint density at radius 3 is 2.41 bits per heavy atom. The van der Waals surface area contributed by atoms with E-state index < -0.39 is 41.6 Å². The summed E-state index contributed by atoms with van der Waals surface area (Å²) in [5, 5.41) is 0. The van der Waals surface area contributed by atoms with Gasteiger partial charge < -0.3 is 4.74 Å². The molecular formula is C8H4BrClF2O4S. The van der Waals surface area contributed by atoms with Crippen LogP contribution in [-0.4, -0.2) is 21.5 Å². The summed E-state index contributed by atoms with van der Waals surface area (Å²) in [5.41, 5.74) is -1.12. The number of benzene rings is 1. The third-order valence-corrected chi connectivity index (χ3v) is 4.00. The minimum atomic E-state index is -4.47. The van der Waals surface area contributed by atoms with E-state index in [1.54, 1.807) is 0 Å². The normalized spacial score (nSPS) is 11.4. The van der Waals surface area contributed by atoms with Crippen molar-refractivity contribution in [3.63, 3.8) is 0 Å². The van der Waals surface area contributed by atoms with E-state index in [-0.39, 0.29) is 0 Å². The van der Waals surface area contributed by atoms with Gasteiger partial charge in [0, 0.05) is 15.2 Å². The van der Waals surface area contributed by atoms with Gasteiger partial charge >= 0.3 is 5.97 Å². The highest BCUT2D eigenvalue weighted by molar-refractivity contribution is 9.10. The molecule has 1 rings (SSSR count). The summed E-state index contributed by atoms with van der Waals surface area (Å²) < 4.78 is 52.9. The zero-order valence-electron chi connectivity index (χ0n) is 8.13. The molecule has 0 bridgehead atoms. The van der Waals surface area contributed by atoms with Crippen molar-refractivity contribution in [2.75, 3.05) is 7.11 Å². The number of rotatable bonds is 2. The fourth-order valence-corrected chi connectivity index (χ4v) is 3.44. The quantitative estimate of drug-likeness (QED) is 0.608. The molecule has 0 aliphatic rings. The lowest BCUT2D eigenvalue weighted by molar-refractivity contribution is 0.0589. The molecule has 0 fully saturated rings. The average molecular weight is 350 g/mol. The van der Waals surface area contributed by atoms with Crippen LogP contribution in [0.5, 0.6) is 0 Å². The Hall–Kier alpha value is -0.730. The number of hydrogen-bond acceptors (Lipinski definition) is 4. The molecule has 0 amide bonds. The molecule has 4 nitrogen and oxygen atoms in total. The van der Waals surface area contributed by atoms with Crippen LogP contribution < -0.4 is 0 Å². The molecule has 0 heterocycles. The Kier molecular flexibility index (Phi) is 4.11. The number of hydrogen-bond donors (Lipinski definition) is 0. The van der Waals surface area contributed by atoms with Crippen LogP contribution in [0, 0.1) is 11.6 Å². The minimum Gasteiger partial charge on any atom is -0.465 e. The van der Waals surface area contributed by atoms with Gasteiger partial charge in [-0.1, -0.05) is 0 Å². The molecule has 0 atom stereocenters. The lowest BCUT2D eigenvalue weighted by atomic mass is 10.2. The summed E-state index contributed by atoms with van der Waals surface area (Å²) >= 11 is 2.64. The molecule has 17 heavy (non-hydrogen) atoms. The van der Waals surface area contributed by atoms with Gasteiger partial charge in [0.1, 0.15) is 16.3 Å². The lowest BCUT2D eigenvalue weighted by Crippen LogP contribution is -2.11. The lowest BCUT2D eigenvalue weighted by Gasteiger charge is -2.08. The maximum absolute atomic E-state index is 13.7. The number of carbonyl (C=O) groups excluding carboxylic acids is 1. The van der Waals surface area contributed by atoms with Crippen molar-refractivity contribution in [2.24, 2.45) is 0 Å². The molecule has 0 saturated carbocycles. The van der Waals surface area contributed by atoms with Gasteiger partial charge in [-0.3, -0.25) is 0 Å². The molecule has 1 aromatic carbocycles. The van der Waals surface area contributed by atoms with Crippen LogP contribution in [0.25, 0.3) is 0 Å². The highest BCUT2D eigenvalue weighted by atomic mass is 79.9. The van der Waals surface area contributed by atoms with E-state index in [9.17, 15) is 22.0 Å². The molecule has 0 aromatic heterocycles. The van der Waals surface area contributed by atoms with Crippen LogP contribution in [0.4, 0.5) is 8.78 Å². The van der Waals surface area contributed by atoms with Crippen molar-refractivity contribution in [2.45, 2.75) is 4.90 Å². The second-order valence-electron chi connectivity index (χ2n) is 2.79. The van der Waals surface area contributed by atoms with Gasteiger partial charge in [0.2, 0.25) is 0 Å². The Balaban J connectivity index is 3.73. The molecule has 0 radical (unpaired) electrons. The summed E-state index contributed by atoms with van der Waals surface area (Å²) in [6.07, 6.45) is 0. The van der Waals surface area contributed by atoms with Crippen LogP contribution in [-0.2, 0) is 13.8 Å². The Labute approximate surface area is 108 Å². The summed E-state index contributed by atoms with van der Waals surface area (Å²) in [4.78, 5) is 10.1. The number of ether oxygens (including phenoxy) is 1. The summed E-state index contributed by atoms with van der Waals surface area (Å²) in [6.45, 7) is 0. The highest BCUT2D eigenvalue weighted by Crippen LogP contribution is 2.31. The third-order valence-electron chi connectivity index (χ3n) is 1.76. The van der Waals surface area contributed by atoms with Crippen molar-refractivity contribution < 1.29 is 26.7 Å². The van der Waals surface area contributed by atoms with E-state index >= 15 is 0 Å². The van der Waals surface area contributed by atoms with Crippen LogP contribution in [0.1, 0.15) is 10.4 Å². The average Bonchev–Trinajstić information content (AvgIpc) is 2.13. The topological polar surface area (TPSA) is 60.4 Å². The van der Waals surface area contributed by atoms with Gasteiger partial charge in [-0.25, -0.2) is 22.0 Å². The zero-order chi connectivity index (χ0) is 13.4. The van der Waals surface area contributed by atoms with Gasteiger partial charge in [-0.2, -0.15) is 0 Å². The predicted octanol–water partition coefficient (Wildman–Crippen LogP) is 2.44. The minimum absolute atomic E-state index is 0.421. The smallest absolute Gasteiger partial charge is 0.343 e. The maximum Gasteiger partial charge on any atom is 0.343 e. The summed E-state index contributed by atoms with van der Waals surface area (Å²) in [5.74, 6) is -4.20. The molecule has 9 heteroatoms. The van der Waals surface area contributed by atoms with Gasteiger partial charge in [0.05, 0.1) is 7.11 Å². The number of carbonyl (C=O) groups is 1. The van der Waals surface area contributed by atoms with E-state index in [0.717, 1.165) is 7.11 Å².